The third-order valence-corrected chi connectivity index (χ3v) is 3.75. The Morgan fingerprint density at radius 1 is 1.24 bits per heavy atom. The van der Waals surface area contributed by atoms with E-state index in [2.05, 4.69) is 25.0 Å². The molecule has 4 nitrogen and oxygen atoms in total. The number of ether oxygens (including phenoxy) is 1. The first-order chi connectivity index (χ1) is 10.1. The Balaban J connectivity index is 2.37. The second-order valence-electron chi connectivity index (χ2n) is 5.24. The van der Waals surface area contributed by atoms with Gasteiger partial charge < -0.3 is 9.84 Å². The Bertz CT molecular complexity index is 603. The van der Waals surface area contributed by atoms with E-state index in [9.17, 15) is 5.11 Å². The van der Waals surface area contributed by atoms with Crippen molar-refractivity contribution in [2.24, 2.45) is 0 Å². The van der Waals surface area contributed by atoms with Gasteiger partial charge in [-0.3, -0.25) is 4.68 Å². The summed E-state index contributed by atoms with van der Waals surface area (Å²) in [5.74, 6) is 0.829. The molecule has 0 aliphatic carbocycles. The standard InChI is InChI=1S/C17H24N2O2/c1-5-15-10-16(6-2)19(18-15)11-14-9-13(12(3)20)7-8-17(14)21-4/h7-10,12,20H,5-6,11H2,1-4H3. The van der Waals surface area contributed by atoms with Crippen LogP contribution in [0.3, 0.4) is 0 Å². The van der Waals surface area contributed by atoms with Crippen LogP contribution in [0.2, 0.25) is 0 Å². The average molecular weight is 288 g/mol. The third-order valence-electron chi connectivity index (χ3n) is 3.75. The maximum absolute atomic E-state index is 9.76. The summed E-state index contributed by atoms with van der Waals surface area (Å²) >= 11 is 0. The summed E-state index contributed by atoms with van der Waals surface area (Å²) in [6, 6.07) is 7.96. The first kappa shape index (κ1) is 15.6. The molecule has 114 valence electrons. The van der Waals surface area contributed by atoms with Crippen LogP contribution in [0.4, 0.5) is 0 Å². The first-order valence-electron chi connectivity index (χ1n) is 7.49. The van der Waals surface area contributed by atoms with Gasteiger partial charge in [-0.25, -0.2) is 0 Å². The average Bonchev–Trinajstić information content (AvgIpc) is 2.89. The monoisotopic (exact) mass is 288 g/mol. The zero-order valence-electron chi connectivity index (χ0n) is 13.3. The highest BCUT2D eigenvalue weighted by molar-refractivity contribution is 5.38. The van der Waals surface area contributed by atoms with Crippen LogP contribution >= 0.6 is 0 Å². The maximum atomic E-state index is 9.76. The van der Waals surface area contributed by atoms with Crippen LogP contribution in [0.1, 0.15) is 49.4 Å². The SMILES string of the molecule is CCc1cc(CC)n(Cc2cc(C(C)O)ccc2OC)n1. The molecule has 1 N–H and O–H groups in total. The van der Waals surface area contributed by atoms with Crippen LogP contribution in [0.15, 0.2) is 24.3 Å². The Labute approximate surface area is 126 Å². The number of aliphatic hydroxyl groups is 1. The lowest BCUT2D eigenvalue weighted by Crippen LogP contribution is -2.08. The van der Waals surface area contributed by atoms with Gasteiger partial charge in [0, 0.05) is 11.3 Å². The Kier molecular flexibility index (Phi) is 5.02. The molecule has 0 bridgehead atoms. The van der Waals surface area contributed by atoms with Crippen LogP contribution in [0, 0.1) is 0 Å². The van der Waals surface area contributed by atoms with Crippen LogP contribution < -0.4 is 4.74 Å². The third kappa shape index (κ3) is 3.45. The minimum atomic E-state index is -0.482. The van der Waals surface area contributed by atoms with Crippen molar-refractivity contribution in [2.75, 3.05) is 7.11 Å². The lowest BCUT2D eigenvalue weighted by atomic mass is 10.1. The van der Waals surface area contributed by atoms with Crippen molar-refractivity contribution < 1.29 is 9.84 Å². The van der Waals surface area contributed by atoms with E-state index in [0.29, 0.717) is 6.54 Å². The van der Waals surface area contributed by atoms with E-state index in [1.54, 1.807) is 14.0 Å². The van der Waals surface area contributed by atoms with Gasteiger partial charge in [0.15, 0.2) is 0 Å². The number of methoxy groups -OCH3 is 1. The Hall–Kier alpha value is -1.81. The normalized spacial score (nSPS) is 12.4. The van der Waals surface area contributed by atoms with E-state index < -0.39 is 6.10 Å². The number of hydrogen-bond acceptors (Lipinski definition) is 3. The van der Waals surface area contributed by atoms with E-state index in [-0.39, 0.29) is 0 Å². The van der Waals surface area contributed by atoms with E-state index in [4.69, 9.17) is 4.74 Å². The van der Waals surface area contributed by atoms with E-state index >= 15 is 0 Å². The van der Waals surface area contributed by atoms with E-state index in [1.807, 2.05) is 22.9 Å². The Morgan fingerprint density at radius 3 is 2.57 bits per heavy atom. The highest BCUT2D eigenvalue weighted by Gasteiger charge is 2.11. The maximum Gasteiger partial charge on any atom is 0.123 e. The molecule has 0 aliphatic rings. The molecule has 0 saturated heterocycles. The van der Waals surface area contributed by atoms with E-state index in [0.717, 1.165) is 35.4 Å². The molecule has 0 amide bonds. The number of aromatic nitrogens is 2. The van der Waals surface area contributed by atoms with Gasteiger partial charge in [-0.1, -0.05) is 19.9 Å². The minimum Gasteiger partial charge on any atom is -0.496 e. The van der Waals surface area contributed by atoms with Crippen molar-refractivity contribution >= 4 is 0 Å². The predicted octanol–water partition coefficient (Wildman–Crippen LogP) is 3.12. The van der Waals surface area contributed by atoms with Crippen LogP contribution in [0.25, 0.3) is 0 Å². The zero-order valence-corrected chi connectivity index (χ0v) is 13.3. The number of aliphatic hydroxyl groups excluding tert-OH is 1. The summed E-state index contributed by atoms with van der Waals surface area (Å²) in [7, 11) is 1.67. The molecule has 1 heterocycles. The number of hydrogen-bond donors (Lipinski definition) is 1. The smallest absolute Gasteiger partial charge is 0.123 e. The summed E-state index contributed by atoms with van der Waals surface area (Å²) < 4.78 is 7.47. The van der Waals surface area contributed by atoms with Crippen LogP contribution in [0.5, 0.6) is 5.75 Å². The van der Waals surface area contributed by atoms with Gasteiger partial charge in [0.25, 0.3) is 0 Å². The molecule has 0 fully saturated rings. The first-order valence-corrected chi connectivity index (χ1v) is 7.49. The van der Waals surface area contributed by atoms with Crippen LogP contribution in [-0.2, 0) is 19.4 Å². The molecule has 1 atom stereocenters. The van der Waals surface area contributed by atoms with Crippen molar-refractivity contribution in [3.63, 3.8) is 0 Å². The lowest BCUT2D eigenvalue weighted by molar-refractivity contribution is 0.199. The topological polar surface area (TPSA) is 47.3 Å². The molecule has 0 radical (unpaired) electrons. The fraction of sp³-hybridized carbons (Fsp3) is 0.471. The van der Waals surface area contributed by atoms with Crippen molar-refractivity contribution in [1.82, 2.24) is 9.78 Å². The van der Waals surface area contributed by atoms with Crippen molar-refractivity contribution in [3.8, 4) is 5.75 Å². The Morgan fingerprint density at radius 2 is 2.00 bits per heavy atom. The summed E-state index contributed by atoms with van der Waals surface area (Å²) in [6.45, 7) is 6.68. The number of benzene rings is 1. The largest absolute Gasteiger partial charge is 0.496 e. The zero-order chi connectivity index (χ0) is 15.4. The molecular formula is C17H24N2O2. The fourth-order valence-electron chi connectivity index (χ4n) is 2.45. The molecule has 0 aliphatic heterocycles. The second-order valence-corrected chi connectivity index (χ2v) is 5.24. The van der Waals surface area contributed by atoms with Gasteiger partial charge in [-0.15, -0.1) is 0 Å². The molecule has 0 spiro atoms. The van der Waals surface area contributed by atoms with Gasteiger partial charge in [-0.05, 0) is 43.5 Å². The summed E-state index contributed by atoms with van der Waals surface area (Å²) in [5.41, 5.74) is 4.26. The number of aryl methyl sites for hydroxylation is 2. The van der Waals surface area contributed by atoms with Crippen molar-refractivity contribution in [3.05, 3.63) is 46.8 Å². The molecule has 1 unspecified atom stereocenters. The highest BCUT2D eigenvalue weighted by atomic mass is 16.5. The van der Waals surface area contributed by atoms with Crippen molar-refractivity contribution in [1.29, 1.82) is 0 Å². The van der Waals surface area contributed by atoms with Gasteiger partial charge in [0.2, 0.25) is 0 Å². The molecule has 2 rings (SSSR count). The molecular weight excluding hydrogens is 264 g/mol. The number of rotatable bonds is 6. The predicted molar refractivity (Wildman–Crippen MR) is 83.7 cm³/mol. The molecule has 1 aromatic carbocycles. The van der Waals surface area contributed by atoms with Gasteiger partial charge in [0.05, 0.1) is 25.5 Å². The summed E-state index contributed by atoms with van der Waals surface area (Å²) in [6.07, 6.45) is 1.40. The fourth-order valence-corrected chi connectivity index (χ4v) is 2.45. The molecule has 4 heteroatoms. The summed E-state index contributed by atoms with van der Waals surface area (Å²) in [5, 5.41) is 14.4. The molecule has 0 saturated carbocycles. The van der Waals surface area contributed by atoms with Gasteiger partial charge in [-0.2, -0.15) is 5.10 Å². The van der Waals surface area contributed by atoms with E-state index in [1.165, 1.54) is 5.69 Å². The summed E-state index contributed by atoms with van der Waals surface area (Å²) in [4.78, 5) is 0. The second kappa shape index (κ2) is 6.76. The van der Waals surface area contributed by atoms with Crippen LogP contribution in [-0.4, -0.2) is 22.0 Å². The van der Waals surface area contributed by atoms with Gasteiger partial charge in [0.1, 0.15) is 5.75 Å². The molecule has 1 aromatic heterocycles. The molecule has 21 heavy (non-hydrogen) atoms. The minimum absolute atomic E-state index is 0.482. The van der Waals surface area contributed by atoms with Gasteiger partial charge >= 0.3 is 0 Å². The molecule has 2 aromatic rings. The number of nitrogens with zero attached hydrogens (tertiary/aromatic N) is 2. The van der Waals surface area contributed by atoms with Crippen molar-refractivity contribution in [2.45, 2.75) is 46.3 Å². The highest BCUT2D eigenvalue weighted by Crippen LogP contribution is 2.24. The quantitative estimate of drug-likeness (QED) is 0.888. The lowest BCUT2D eigenvalue weighted by Gasteiger charge is -2.13.